The molecule has 7 nitrogen and oxygen atoms in total. The van der Waals surface area contributed by atoms with Crippen LogP contribution in [0.4, 0.5) is 0 Å². The summed E-state index contributed by atoms with van der Waals surface area (Å²) in [5.41, 5.74) is 2.12. The SMILES string of the molecule is CC(C)N1C(=O)c2ccccc2C(C(=O)N2CCOCC2)C12CN(Cc1cccnc1)C2. The van der Waals surface area contributed by atoms with Gasteiger partial charge in [0, 0.05) is 56.7 Å². The number of benzene rings is 1. The van der Waals surface area contributed by atoms with Crippen LogP contribution in [0.5, 0.6) is 0 Å². The average molecular weight is 435 g/mol. The molecule has 1 unspecified atom stereocenters. The molecule has 2 fully saturated rings. The molecule has 32 heavy (non-hydrogen) atoms. The number of carbonyl (C=O) groups is 2. The Kier molecular flexibility index (Phi) is 5.47. The van der Waals surface area contributed by atoms with Gasteiger partial charge in [-0.1, -0.05) is 24.3 Å². The van der Waals surface area contributed by atoms with Gasteiger partial charge in [-0.2, -0.15) is 0 Å². The fourth-order valence-electron chi connectivity index (χ4n) is 5.71. The van der Waals surface area contributed by atoms with Gasteiger partial charge in [-0.25, -0.2) is 0 Å². The number of morpholine rings is 1. The van der Waals surface area contributed by atoms with E-state index < -0.39 is 5.54 Å². The monoisotopic (exact) mass is 434 g/mol. The summed E-state index contributed by atoms with van der Waals surface area (Å²) in [6.07, 6.45) is 3.65. The Hall–Kier alpha value is -2.77. The molecule has 0 bridgehead atoms. The van der Waals surface area contributed by atoms with E-state index >= 15 is 0 Å². The van der Waals surface area contributed by atoms with Crippen molar-refractivity contribution in [2.75, 3.05) is 39.4 Å². The molecule has 3 aliphatic heterocycles. The number of aromatic nitrogens is 1. The van der Waals surface area contributed by atoms with E-state index in [1.165, 1.54) is 0 Å². The van der Waals surface area contributed by atoms with Crippen LogP contribution in [-0.4, -0.2) is 82.5 Å². The number of amides is 2. The first-order valence-electron chi connectivity index (χ1n) is 11.4. The number of fused-ring (bicyclic) bond motifs is 1. The van der Waals surface area contributed by atoms with Gasteiger partial charge in [0.25, 0.3) is 5.91 Å². The van der Waals surface area contributed by atoms with Crippen LogP contribution >= 0.6 is 0 Å². The summed E-state index contributed by atoms with van der Waals surface area (Å²) in [5, 5.41) is 0. The lowest BCUT2D eigenvalue weighted by Gasteiger charge is -2.62. The molecule has 2 amide bonds. The van der Waals surface area contributed by atoms with Gasteiger partial charge in [-0.15, -0.1) is 0 Å². The van der Waals surface area contributed by atoms with E-state index in [1.54, 1.807) is 6.20 Å². The lowest BCUT2D eigenvalue weighted by molar-refractivity contribution is -0.148. The number of carbonyl (C=O) groups excluding carboxylic acids is 2. The topological polar surface area (TPSA) is 66.0 Å². The Morgan fingerprint density at radius 2 is 1.91 bits per heavy atom. The molecule has 1 aromatic carbocycles. The fraction of sp³-hybridized carbons (Fsp3) is 0.480. The van der Waals surface area contributed by atoms with E-state index in [0.717, 1.165) is 17.7 Å². The van der Waals surface area contributed by atoms with Gasteiger partial charge in [0.15, 0.2) is 0 Å². The van der Waals surface area contributed by atoms with Crippen molar-refractivity contribution in [3.05, 3.63) is 65.5 Å². The second-order valence-electron chi connectivity index (χ2n) is 9.34. The van der Waals surface area contributed by atoms with E-state index in [9.17, 15) is 9.59 Å². The van der Waals surface area contributed by atoms with E-state index in [-0.39, 0.29) is 23.8 Å². The molecule has 0 saturated carbocycles. The first-order valence-corrected chi connectivity index (χ1v) is 11.4. The van der Waals surface area contributed by atoms with Crippen molar-refractivity contribution < 1.29 is 14.3 Å². The maximum absolute atomic E-state index is 14.0. The van der Waals surface area contributed by atoms with Gasteiger partial charge in [-0.3, -0.25) is 19.5 Å². The van der Waals surface area contributed by atoms with Crippen molar-refractivity contribution in [3.8, 4) is 0 Å². The summed E-state index contributed by atoms with van der Waals surface area (Å²) >= 11 is 0. The molecule has 2 saturated heterocycles. The van der Waals surface area contributed by atoms with Gasteiger partial charge < -0.3 is 14.5 Å². The summed E-state index contributed by atoms with van der Waals surface area (Å²) in [6, 6.07) is 11.7. The van der Waals surface area contributed by atoms with Crippen molar-refractivity contribution in [3.63, 3.8) is 0 Å². The molecule has 2 aromatic rings. The van der Waals surface area contributed by atoms with Gasteiger partial charge in [0.2, 0.25) is 5.91 Å². The number of ether oxygens (including phenoxy) is 1. The predicted octanol–water partition coefficient (Wildman–Crippen LogP) is 2.14. The van der Waals surface area contributed by atoms with Crippen LogP contribution in [-0.2, 0) is 16.1 Å². The molecule has 4 heterocycles. The van der Waals surface area contributed by atoms with E-state index in [0.29, 0.717) is 45.0 Å². The Bertz CT molecular complexity index is 997. The molecule has 7 heteroatoms. The van der Waals surface area contributed by atoms with Crippen LogP contribution in [0, 0.1) is 0 Å². The zero-order valence-electron chi connectivity index (χ0n) is 18.7. The second kappa shape index (κ2) is 8.30. The number of hydrogen-bond acceptors (Lipinski definition) is 5. The van der Waals surface area contributed by atoms with Crippen molar-refractivity contribution in [1.82, 2.24) is 19.7 Å². The van der Waals surface area contributed by atoms with Crippen molar-refractivity contribution in [2.45, 2.75) is 37.9 Å². The predicted molar refractivity (Wildman–Crippen MR) is 120 cm³/mol. The lowest BCUT2D eigenvalue weighted by atomic mass is 9.67. The number of pyridine rings is 1. The fourth-order valence-corrected chi connectivity index (χ4v) is 5.71. The van der Waals surface area contributed by atoms with E-state index in [1.807, 2.05) is 60.2 Å². The normalized spacial score (nSPS) is 22.7. The summed E-state index contributed by atoms with van der Waals surface area (Å²) < 4.78 is 5.49. The molecule has 0 aliphatic carbocycles. The van der Waals surface area contributed by atoms with Crippen LogP contribution in [0.3, 0.4) is 0 Å². The molecule has 1 atom stereocenters. The number of nitrogens with zero attached hydrogens (tertiary/aromatic N) is 4. The number of likely N-dealkylation sites (tertiary alicyclic amines) is 1. The molecule has 168 valence electrons. The third kappa shape index (κ3) is 3.40. The highest BCUT2D eigenvalue weighted by Gasteiger charge is 2.61. The molecule has 1 aromatic heterocycles. The minimum atomic E-state index is -0.544. The molecular weight excluding hydrogens is 404 g/mol. The molecule has 0 radical (unpaired) electrons. The average Bonchev–Trinajstić information content (AvgIpc) is 2.79. The first kappa shape index (κ1) is 21.1. The van der Waals surface area contributed by atoms with Crippen molar-refractivity contribution >= 4 is 11.8 Å². The van der Waals surface area contributed by atoms with Crippen LogP contribution < -0.4 is 0 Å². The standard InChI is InChI=1S/C25H30N4O3/c1-18(2)29-23(30)21-8-4-3-7-20(21)22(24(31)28-10-12-32-13-11-28)25(29)16-27(17-25)15-19-6-5-9-26-14-19/h3-9,14,18,22H,10-13,15-17H2,1-2H3. The highest BCUT2D eigenvalue weighted by molar-refractivity contribution is 6.02. The Balaban J connectivity index is 1.53. The Morgan fingerprint density at radius 1 is 1.16 bits per heavy atom. The zero-order chi connectivity index (χ0) is 22.3. The molecule has 5 rings (SSSR count). The maximum atomic E-state index is 14.0. The Labute approximate surface area is 189 Å². The summed E-state index contributed by atoms with van der Waals surface area (Å²) in [5.74, 6) is -0.232. The van der Waals surface area contributed by atoms with Gasteiger partial charge in [0.1, 0.15) is 0 Å². The second-order valence-corrected chi connectivity index (χ2v) is 9.34. The van der Waals surface area contributed by atoms with E-state index in [2.05, 4.69) is 16.0 Å². The van der Waals surface area contributed by atoms with Gasteiger partial charge in [0.05, 0.1) is 24.7 Å². The summed E-state index contributed by atoms with van der Waals surface area (Å²) in [7, 11) is 0. The number of rotatable bonds is 4. The van der Waals surface area contributed by atoms with Crippen molar-refractivity contribution in [2.24, 2.45) is 0 Å². The van der Waals surface area contributed by atoms with Crippen LogP contribution in [0.15, 0.2) is 48.8 Å². The minimum Gasteiger partial charge on any atom is -0.378 e. The van der Waals surface area contributed by atoms with Crippen molar-refractivity contribution in [1.29, 1.82) is 0 Å². The minimum absolute atomic E-state index is 0.00335. The smallest absolute Gasteiger partial charge is 0.254 e. The third-order valence-electron chi connectivity index (χ3n) is 6.95. The molecule has 1 spiro atoms. The van der Waals surface area contributed by atoms with E-state index in [4.69, 9.17) is 4.74 Å². The quantitative estimate of drug-likeness (QED) is 0.738. The lowest BCUT2D eigenvalue weighted by Crippen LogP contribution is -2.77. The highest BCUT2D eigenvalue weighted by atomic mass is 16.5. The van der Waals surface area contributed by atoms with Gasteiger partial charge >= 0.3 is 0 Å². The van der Waals surface area contributed by atoms with Crippen LogP contribution in [0.25, 0.3) is 0 Å². The van der Waals surface area contributed by atoms with Crippen LogP contribution in [0.1, 0.15) is 41.3 Å². The zero-order valence-corrected chi connectivity index (χ0v) is 18.7. The molecule has 3 aliphatic rings. The molecule has 0 N–H and O–H groups in total. The largest absolute Gasteiger partial charge is 0.378 e. The third-order valence-corrected chi connectivity index (χ3v) is 6.95. The number of hydrogen-bond donors (Lipinski definition) is 0. The maximum Gasteiger partial charge on any atom is 0.254 e. The highest BCUT2D eigenvalue weighted by Crippen LogP contribution is 2.48. The first-order chi connectivity index (χ1) is 15.5. The Morgan fingerprint density at radius 3 is 2.59 bits per heavy atom. The summed E-state index contributed by atoms with van der Waals surface area (Å²) in [6.45, 7) is 8.52. The summed E-state index contributed by atoms with van der Waals surface area (Å²) in [4.78, 5) is 38.0. The van der Waals surface area contributed by atoms with Crippen LogP contribution in [0.2, 0.25) is 0 Å². The van der Waals surface area contributed by atoms with Gasteiger partial charge in [-0.05, 0) is 37.1 Å². The molecular formula is C25H30N4O3.